The van der Waals surface area contributed by atoms with E-state index in [4.69, 9.17) is 0 Å². The zero-order valence-corrected chi connectivity index (χ0v) is 15.2. The van der Waals surface area contributed by atoms with Crippen LogP contribution in [0.4, 0.5) is 0 Å². The van der Waals surface area contributed by atoms with Crippen LogP contribution in [0.3, 0.4) is 0 Å². The SMILES string of the molecule is Cc1sc2ncn(CC(=O)NCC3CNCC3O)c(=O)c2c1C.Cl. The number of aryl methyl sites for hydroxylation is 2. The second-order valence-corrected chi connectivity index (χ2v) is 7.13. The molecule has 0 aliphatic carbocycles. The molecular weight excluding hydrogens is 352 g/mol. The average molecular weight is 373 g/mol. The third kappa shape index (κ3) is 3.61. The number of hydrogen-bond acceptors (Lipinski definition) is 6. The van der Waals surface area contributed by atoms with Gasteiger partial charge in [0.05, 0.1) is 17.8 Å². The highest BCUT2D eigenvalue weighted by atomic mass is 35.5. The molecule has 0 aromatic carbocycles. The minimum Gasteiger partial charge on any atom is -0.391 e. The lowest BCUT2D eigenvalue weighted by molar-refractivity contribution is -0.122. The molecule has 2 aromatic heterocycles. The Hall–Kier alpha value is -1.48. The van der Waals surface area contributed by atoms with Gasteiger partial charge in [0.1, 0.15) is 11.4 Å². The number of amides is 1. The van der Waals surface area contributed by atoms with Crippen LogP contribution < -0.4 is 16.2 Å². The fourth-order valence-corrected chi connectivity index (χ4v) is 3.75. The van der Waals surface area contributed by atoms with Crippen LogP contribution in [0.15, 0.2) is 11.1 Å². The number of fused-ring (bicyclic) bond motifs is 1. The number of thiophene rings is 1. The third-order valence-corrected chi connectivity index (χ3v) is 5.45. The van der Waals surface area contributed by atoms with Crippen LogP contribution in [0.2, 0.25) is 0 Å². The summed E-state index contributed by atoms with van der Waals surface area (Å²) in [6, 6.07) is 0. The molecule has 9 heteroatoms. The molecule has 3 N–H and O–H groups in total. The van der Waals surface area contributed by atoms with Crippen molar-refractivity contribution >= 4 is 39.9 Å². The van der Waals surface area contributed by atoms with E-state index in [0.717, 1.165) is 10.4 Å². The molecule has 3 heterocycles. The molecule has 1 fully saturated rings. The fraction of sp³-hybridized carbons (Fsp3) is 0.533. The third-order valence-electron chi connectivity index (χ3n) is 4.34. The Bertz CT molecular complexity index is 804. The van der Waals surface area contributed by atoms with Crippen molar-refractivity contribution in [3.8, 4) is 0 Å². The molecule has 1 aliphatic heterocycles. The molecular formula is C15H21ClN4O3S. The summed E-state index contributed by atoms with van der Waals surface area (Å²) in [5.41, 5.74) is 0.743. The van der Waals surface area contributed by atoms with Crippen LogP contribution in [0.25, 0.3) is 10.2 Å². The number of hydrogen-bond donors (Lipinski definition) is 3. The van der Waals surface area contributed by atoms with E-state index in [1.54, 1.807) is 0 Å². The van der Waals surface area contributed by atoms with Gasteiger partial charge in [-0.3, -0.25) is 14.2 Å². The summed E-state index contributed by atoms with van der Waals surface area (Å²) in [5.74, 6) is -0.241. The van der Waals surface area contributed by atoms with Crippen LogP contribution in [-0.2, 0) is 11.3 Å². The summed E-state index contributed by atoms with van der Waals surface area (Å²) in [7, 11) is 0. The van der Waals surface area contributed by atoms with Crippen LogP contribution in [0.5, 0.6) is 0 Å². The quantitative estimate of drug-likeness (QED) is 0.712. The largest absolute Gasteiger partial charge is 0.391 e. The first-order chi connectivity index (χ1) is 11.0. The summed E-state index contributed by atoms with van der Waals surface area (Å²) >= 11 is 1.49. The molecule has 2 atom stereocenters. The number of carbonyl (C=O) groups is 1. The van der Waals surface area contributed by atoms with Gasteiger partial charge in [0.2, 0.25) is 5.91 Å². The number of carbonyl (C=O) groups excluding carboxylic acids is 1. The van der Waals surface area contributed by atoms with Gasteiger partial charge < -0.3 is 15.7 Å². The number of aliphatic hydroxyl groups is 1. The Balaban J connectivity index is 0.00000208. The monoisotopic (exact) mass is 372 g/mol. The Labute approximate surface area is 149 Å². The van der Waals surface area contributed by atoms with E-state index in [1.165, 1.54) is 22.2 Å². The number of aromatic nitrogens is 2. The van der Waals surface area contributed by atoms with E-state index in [0.29, 0.717) is 29.9 Å². The van der Waals surface area contributed by atoms with Crippen molar-refractivity contribution < 1.29 is 9.90 Å². The average Bonchev–Trinajstić information content (AvgIpc) is 3.04. The maximum absolute atomic E-state index is 12.5. The van der Waals surface area contributed by atoms with Gasteiger partial charge >= 0.3 is 0 Å². The summed E-state index contributed by atoms with van der Waals surface area (Å²) in [5, 5.41) is 16.1. The van der Waals surface area contributed by atoms with Gasteiger partial charge in [-0.25, -0.2) is 4.98 Å². The zero-order valence-electron chi connectivity index (χ0n) is 13.5. The van der Waals surface area contributed by atoms with E-state index < -0.39 is 6.10 Å². The van der Waals surface area contributed by atoms with Gasteiger partial charge in [0.25, 0.3) is 5.56 Å². The highest BCUT2D eigenvalue weighted by Gasteiger charge is 2.25. The predicted molar refractivity (Wildman–Crippen MR) is 96.0 cm³/mol. The van der Waals surface area contributed by atoms with Crippen molar-refractivity contribution in [2.45, 2.75) is 26.5 Å². The number of halogens is 1. The predicted octanol–water partition coefficient (Wildman–Crippen LogP) is 0.193. The molecule has 1 amide bonds. The van der Waals surface area contributed by atoms with Gasteiger partial charge in [-0.15, -0.1) is 23.7 Å². The highest BCUT2D eigenvalue weighted by molar-refractivity contribution is 7.18. The molecule has 0 radical (unpaired) electrons. The van der Waals surface area contributed by atoms with Crippen molar-refractivity contribution in [2.75, 3.05) is 19.6 Å². The standard InChI is InChI=1S/C15H20N4O3S.ClH/c1-8-9(2)23-14-13(8)15(22)19(7-18-14)6-12(21)17-4-10-3-16-5-11(10)20;/h7,10-11,16,20H,3-6H2,1-2H3,(H,17,21);1H. The van der Waals surface area contributed by atoms with Crippen molar-refractivity contribution in [3.63, 3.8) is 0 Å². The van der Waals surface area contributed by atoms with Gasteiger partial charge in [-0.2, -0.15) is 0 Å². The molecule has 2 unspecified atom stereocenters. The number of rotatable bonds is 4. The van der Waals surface area contributed by atoms with Crippen LogP contribution in [-0.4, -0.2) is 46.3 Å². The lowest BCUT2D eigenvalue weighted by Gasteiger charge is -2.14. The topological polar surface area (TPSA) is 96.2 Å². The van der Waals surface area contributed by atoms with Crippen LogP contribution in [0.1, 0.15) is 10.4 Å². The maximum Gasteiger partial charge on any atom is 0.262 e. The number of β-amino-alcohol motifs (C(OH)–C–C–N with tert-alkyl or cyclic N) is 1. The second-order valence-electron chi connectivity index (χ2n) is 5.93. The van der Waals surface area contributed by atoms with E-state index in [2.05, 4.69) is 15.6 Å². The first-order valence-electron chi connectivity index (χ1n) is 7.58. The Kier molecular flexibility index (Phi) is 5.97. The van der Waals surface area contributed by atoms with E-state index in [-0.39, 0.29) is 36.3 Å². The first kappa shape index (κ1) is 18.9. The smallest absolute Gasteiger partial charge is 0.262 e. The summed E-state index contributed by atoms with van der Waals surface area (Å²) < 4.78 is 1.33. The molecule has 24 heavy (non-hydrogen) atoms. The van der Waals surface area contributed by atoms with Crippen molar-refractivity contribution in [1.29, 1.82) is 0 Å². The van der Waals surface area contributed by atoms with E-state index in [1.807, 2.05) is 13.8 Å². The first-order valence-corrected chi connectivity index (χ1v) is 8.39. The molecule has 1 aliphatic rings. The fourth-order valence-electron chi connectivity index (χ4n) is 2.77. The van der Waals surface area contributed by atoms with E-state index >= 15 is 0 Å². The molecule has 0 spiro atoms. The van der Waals surface area contributed by atoms with Gasteiger partial charge in [0, 0.05) is 30.4 Å². The van der Waals surface area contributed by atoms with Gasteiger partial charge in [0.15, 0.2) is 0 Å². The summed E-state index contributed by atoms with van der Waals surface area (Å²) in [4.78, 5) is 30.6. The molecule has 132 valence electrons. The molecule has 0 bridgehead atoms. The van der Waals surface area contributed by atoms with Crippen molar-refractivity contribution in [3.05, 3.63) is 27.1 Å². The second kappa shape index (κ2) is 7.60. The van der Waals surface area contributed by atoms with Gasteiger partial charge in [-0.05, 0) is 19.4 Å². The molecule has 0 saturated carbocycles. The minimum absolute atomic E-state index is 0. The molecule has 7 nitrogen and oxygen atoms in total. The lowest BCUT2D eigenvalue weighted by Crippen LogP contribution is -2.37. The Morgan fingerprint density at radius 1 is 1.50 bits per heavy atom. The normalized spacial score (nSPS) is 20.1. The Morgan fingerprint density at radius 3 is 2.92 bits per heavy atom. The number of aliphatic hydroxyl groups excluding tert-OH is 1. The van der Waals surface area contributed by atoms with Gasteiger partial charge in [-0.1, -0.05) is 0 Å². The Morgan fingerprint density at radius 2 is 2.25 bits per heavy atom. The van der Waals surface area contributed by atoms with Crippen molar-refractivity contribution in [1.82, 2.24) is 20.2 Å². The minimum atomic E-state index is -0.438. The van der Waals surface area contributed by atoms with E-state index in [9.17, 15) is 14.7 Å². The molecule has 2 aromatic rings. The number of nitrogens with zero attached hydrogens (tertiary/aromatic N) is 2. The maximum atomic E-state index is 12.5. The van der Waals surface area contributed by atoms with Crippen LogP contribution in [0, 0.1) is 19.8 Å². The summed E-state index contributed by atoms with van der Waals surface area (Å²) in [6.07, 6.45) is 0.985. The summed E-state index contributed by atoms with van der Waals surface area (Å²) in [6.45, 7) is 5.43. The zero-order chi connectivity index (χ0) is 16.6. The van der Waals surface area contributed by atoms with Crippen molar-refractivity contribution in [2.24, 2.45) is 5.92 Å². The highest BCUT2D eigenvalue weighted by Crippen LogP contribution is 2.25. The number of nitrogens with one attached hydrogen (secondary N) is 2. The molecule has 1 saturated heterocycles. The molecule has 3 rings (SSSR count). The van der Waals surface area contributed by atoms with Crippen LogP contribution >= 0.6 is 23.7 Å². The lowest BCUT2D eigenvalue weighted by atomic mass is 10.1.